The average Bonchev–Trinajstić information content (AvgIpc) is 3.37. The Morgan fingerprint density at radius 3 is 1.77 bits per heavy atom. The second-order valence-corrected chi connectivity index (χ2v) is 23.3. The first-order valence-corrected chi connectivity index (χ1v) is 29.3. The van der Waals surface area contributed by atoms with Crippen molar-refractivity contribution in [1.82, 2.24) is 20.9 Å². The van der Waals surface area contributed by atoms with Crippen LogP contribution in [-0.2, 0) is 74.2 Å². The second-order valence-electron chi connectivity index (χ2n) is 21.5. The summed E-state index contributed by atoms with van der Waals surface area (Å²) in [4.78, 5) is 142. The van der Waals surface area contributed by atoms with Crippen LogP contribution in [0.5, 0.6) is 5.75 Å². The zero-order valence-electron chi connectivity index (χ0n) is 47.5. The summed E-state index contributed by atoms with van der Waals surface area (Å²) < 4.78 is 13.6. The molecular formula is C57H93N6O13S+. The zero-order chi connectivity index (χ0) is 58.4. The predicted octanol–water partition coefficient (Wildman–Crippen LogP) is 5.10. The average molecular weight is 1100 g/mol. The number of carbonyl (C=O) groups excluding carboxylic acids is 11. The Labute approximate surface area is 459 Å². The highest BCUT2D eigenvalue weighted by molar-refractivity contribution is 7.84. The SMILES string of the molecule is CCC(C)C(CC(N)=O)C(=O)CCCCC(CC[SH+](=O)CCC(=O)CCC(Cc1ccc(O)cc1)C(=O)NC(C(=O)CCCCC(CCC(C)=O)C(C)=O)C(C)CC)C(=O)N(C)CC(=O)NC(C(=O)NCC(N)=O)C(C)C. The number of Topliss-reactive ketones (excluding diaryl/α,β-unsaturated/α-hetero) is 5. The molecule has 1 aromatic carbocycles. The van der Waals surface area contributed by atoms with Crippen LogP contribution < -0.4 is 27.4 Å². The molecule has 1 aromatic rings. The van der Waals surface area contributed by atoms with E-state index in [1.807, 2.05) is 27.7 Å². The number of nitrogens with two attached hydrogens (primary N) is 2. The largest absolute Gasteiger partial charge is 0.508 e. The fourth-order valence-electron chi connectivity index (χ4n) is 9.23. The third-order valence-electron chi connectivity index (χ3n) is 14.6. The number of hydrogen-bond donors (Lipinski definition) is 6. The number of nitrogens with one attached hydrogen (secondary N) is 3. The van der Waals surface area contributed by atoms with Gasteiger partial charge in [-0.2, -0.15) is 0 Å². The number of phenolic OH excluding ortho intramolecular Hbond substituents is 1. The van der Waals surface area contributed by atoms with Gasteiger partial charge in [-0.1, -0.05) is 79.4 Å². The highest BCUT2D eigenvalue weighted by Crippen LogP contribution is 2.25. The molecule has 0 radical (unpaired) electrons. The number of unbranched alkanes of at least 4 members (excludes halogenated alkanes) is 2. The lowest BCUT2D eigenvalue weighted by Gasteiger charge is -2.26. The maximum atomic E-state index is 14.1. The van der Waals surface area contributed by atoms with E-state index in [2.05, 4.69) is 16.0 Å². The van der Waals surface area contributed by atoms with Crippen LogP contribution in [0.15, 0.2) is 24.3 Å². The summed E-state index contributed by atoms with van der Waals surface area (Å²) in [6.07, 6.45) is 5.61. The number of likely N-dealkylation sites (N-methyl/N-ethyl adjacent to an activating group) is 1. The van der Waals surface area contributed by atoms with Gasteiger partial charge in [-0.15, -0.1) is 4.21 Å². The zero-order valence-corrected chi connectivity index (χ0v) is 48.4. The Kier molecular flexibility index (Phi) is 33.5. The summed E-state index contributed by atoms with van der Waals surface area (Å²) in [5.41, 5.74) is 11.3. The third kappa shape index (κ3) is 28.5. The first-order chi connectivity index (χ1) is 36.2. The van der Waals surface area contributed by atoms with Gasteiger partial charge in [0.15, 0.2) is 5.78 Å². The lowest BCUT2D eigenvalue weighted by molar-refractivity contribution is -0.139. The first kappa shape index (κ1) is 69.4. The van der Waals surface area contributed by atoms with Crippen molar-refractivity contribution in [2.75, 3.05) is 31.6 Å². The van der Waals surface area contributed by atoms with Crippen LogP contribution in [0.25, 0.3) is 0 Å². The highest BCUT2D eigenvalue weighted by atomic mass is 32.2. The van der Waals surface area contributed by atoms with Gasteiger partial charge in [0.25, 0.3) is 0 Å². The van der Waals surface area contributed by atoms with E-state index < -0.39 is 89.2 Å². The van der Waals surface area contributed by atoms with Crippen molar-refractivity contribution in [3.05, 3.63) is 29.8 Å². The number of benzene rings is 1. The number of nitrogens with zero attached hydrogens (tertiary/aromatic N) is 1. The Hall–Kier alpha value is -5.66. The number of thiol groups is 1. The maximum Gasteiger partial charge on any atom is 0.243 e. The van der Waals surface area contributed by atoms with Crippen molar-refractivity contribution in [1.29, 1.82) is 0 Å². The van der Waals surface area contributed by atoms with Gasteiger partial charge >= 0.3 is 0 Å². The van der Waals surface area contributed by atoms with Crippen LogP contribution in [0.4, 0.5) is 0 Å². The quantitative estimate of drug-likeness (QED) is 0.0282. The first-order valence-electron chi connectivity index (χ1n) is 27.7. The molecule has 0 heterocycles. The summed E-state index contributed by atoms with van der Waals surface area (Å²) in [5.74, 6) is -6.53. The molecule has 0 aliphatic rings. The molecule has 1 rings (SSSR count). The minimum absolute atomic E-state index is 0.00954. The number of phenols is 1. The van der Waals surface area contributed by atoms with Crippen molar-refractivity contribution in [2.24, 2.45) is 52.9 Å². The monoisotopic (exact) mass is 1100 g/mol. The number of primary amides is 2. The van der Waals surface area contributed by atoms with Gasteiger partial charge in [-0.3, -0.25) is 47.9 Å². The van der Waals surface area contributed by atoms with Crippen molar-refractivity contribution in [3.8, 4) is 5.75 Å². The Morgan fingerprint density at radius 1 is 0.636 bits per heavy atom. The molecule has 0 fully saturated rings. The minimum atomic E-state index is -1.99. The number of ketones is 5. The topological polar surface area (TPSA) is 316 Å². The normalized spacial score (nSPS) is 14.8. The van der Waals surface area contributed by atoms with E-state index in [0.29, 0.717) is 57.8 Å². The molecule has 20 heteroatoms. The van der Waals surface area contributed by atoms with E-state index in [0.717, 1.165) is 5.56 Å². The molecular weight excluding hydrogens is 1010 g/mol. The van der Waals surface area contributed by atoms with Crippen molar-refractivity contribution in [3.63, 3.8) is 0 Å². The van der Waals surface area contributed by atoms with Crippen molar-refractivity contribution < 1.29 is 62.1 Å². The van der Waals surface area contributed by atoms with Gasteiger partial charge in [0.1, 0.15) is 46.4 Å². The standard InChI is InChI=1S/C57H92N6O13S/c1-10-37(5)47(33-50(58)70)48(68)18-14-13-17-43(57(75)63(9)35-52(72)61-53(36(3)4)56(74)60-34-51(59)71)28-30-77(76)31-29-46(67)27-24-44(32-41-21-25-45(66)26-22-41)55(73)62-54(38(6)11-2)49(69)19-15-12-16-42(40(8)65)23-20-39(7)64/h21-22,25-26,36-38,42-44,47,53-54,66H,10-20,23-24,27-35H2,1-9H3,(H2,58,70)(H2,59,71)(H,60,74)(H,61,72)(H,62,73)/p+1. The summed E-state index contributed by atoms with van der Waals surface area (Å²) >= 11 is 0. The van der Waals surface area contributed by atoms with Crippen LogP contribution >= 0.6 is 0 Å². The summed E-state index contributed by atoms with van der Waals surface area (Å²) in [7, 11) is -0.559. The molecule has 9 unspecified atom stereocenters. The maximum absolute atomic E-state index is 14.1. The van der Waals surface area contributed by atoms with E-state index in [9.17, 15) is 62.1 Å². The van der Waals surface area contributed by atoms with Crippen LogP contribution in [0.2, 0.25) is 0 Å². The van der Waals surface area contributed by atoms with E-state index >= 15 is 0 Å². The van der Waals surface area contributed by atoms with Gasteiger partial charge in [0.2, 0.25) is 35.4 Å². The molecule has 0 aliphatic heterocycles. The molecule has 0 bridgehead atoms. The van der Waals surface area contributed by atoms with Crippen molar-refractivity contribution >= 4 is 75.2 Å². The summed E-state index contributed by atoms with van der Waals surface area (Å²) in [5, 5.41) is 17.9. The lowest BCUT2D eigenvalue weighted by Crippen LogP contribution is -2.53. The molecule has 0 saturated carbocycles. The van der Waals surface area contributed by atoms with Gasteiger partial charge in [0.05, 0.1) is 36.4 Å². The van der Waals surface area contributed by atoms with Gasteiger partial charge in [-0.05, 0) is 94.2 Å². The second kappa shape index (κ2) is 37.2. The van der Waals surface area contributed by atoms with E-state index in [-0.39, 0.29) is 128 Å². The van der Waals surface area contributed by atoms with Crippen LogP contribution in [-0.4, -0.2) is 118 Å². The van der Waals surface area contributed by atoms with Crippen molar-refractivity contribution in [2.45, 2.75) is 183 Å². The number of aromatic hydroxyl groups is 1. The molecule has 6 amide bonds. The highest BCUT2D eigenvalue weighted by Gasteiger charge is 2.32. The fourth-order valence-corrected chi connectivity index (χ4v) is 10.5. The molecule has 0 aliphatic carbocycles. The Balaban J connectivity index is 3.14. The summed E-state index contributed by atoms with van der Waals surface area (Å²) in [6.45, 7) is 13.2. The van der Waals surface area contributed by atoms with Gasteiger partial charge in [0, 0.05) is 69.2 Å². The smallest absolute Gasteiger partial charge is 0.243 e. The fraction of sp³-hybridized carbons (Fsp3) is 0.702. The van der Waals surface area contributed by atoms with Gasteiger partial charge in [-0.25, -0.2) is 0 Å². The third-order valence-corrected chi connectivity index (χ3v) is 16.1. The Morgan fingerprint density at radius 2 is 1.22 bits per heavy atom. The molecule has 434 valence electrons. The van der Waals surface area contributed by atoms with Crippen LogP contribution in [0.3, 0.4) is 0 Å². The van der Waals surface area contributed by atoms with Gasteiger partial charge < -0.3 is 42.2 Å². The number of amides is 6. The molecule has 77 heavy (non-hydrogen) atoms. The number of hydrogen-bond acceptors (Lipinski definition) is 13. The lowest BCUT2D eigenvalue weighted by atomic mass is 9.83. The van der Waals surface area contributed by atoms with E-state index in [4.69, 9.17) is 11.5 Å². The van der Waals surface area contributed by atoms with E-state index in [1.165, 1.54) is 37.9 Å². The molecule has 19 nitrogen and oxygen atoms in total. The van der Waals surface area contributed by atoms with E-state index in [1.54, 1.807) is 26.0 Å². The van der Waals surface area contributed by atoms with Crippen LogP contribution in [0, 0.1) is 41.4 Å². The number of carbonyl (C=O) groups is 11. The van der Waals surface area contributed by atoms with Crippen LogP contribution in [0.1, 0.15) is 170 Å². The molecule has 0 saturated heterocycles. The molecule has 9 atom stereocenters. The minimum Gasteiger partial charge on any atom is -0.508 e. The predicted molar refractivity (Wildman–Crippen MR) is 297 cm³/mol. The number of rotatable bonds is 43. The molecule has 0 spiro atoms. The molecule has 0 aromatic heterocycles. The Bertz CT molecular complexity index is 2150. The molecule has 8 N–H and O–H groups in total. The summed E-state index contributed by atoms with van der Waals surface area (Å²) in [6, 6.07) is 4.56.